The summed E-state index contributed by atoms with van der Waals surface area (Å²) >= 11 is 0. The van der Waals surface area contributed by atoms with Gasteiger partial charge >= 0.3 is 0 Å². The number of phenols is 1. The van der Waals surface area contributed by atoms with Gasteiger partial charge in [-0.3, -0.25) is 0 Å². The molecule has 0 saturated heterocycles. The molecule has 0 aliphatic carbocycles. The molecular weight excluding hydrogens is 246 g/mol. The monoisotopic (exact) mass is 267 g/mol. The van der Waals surface area contributed by atoms with Crippen molar-refractivity contribution in [2.45, 2.75) is 20.3 Å². The smallest absolute Gasteiger partial charge is 0.123 e. The molecule has 0 spiro atoms. The van der Waals surface area contributed by atoms with Gasteiger partial charge in [0.05, 0.1) is 0 Å². The largest absolute Gasteiger partial charge is 0.507 e. The van der Waals surface area contributed by atoms with Gasteiger partial charge in [-0.2, -0.15) is 0 Å². The highest BCUT2D eigenvalue weighted by Crippen LogP contribution is 2.35. The first kappa shape index (κ1) is 14.2. The Morgan fingerprint density at radius 3 is 2.20 bits per heavy atom. The fourth-order valence-electron chi connectivity index (χ4n) is 2.58. The predicted molar refractivity (Wildman–Crippen MR) is 86.9 cm³/mol. The van der Waals surface area contributed by atoms with Crippen LogP contribution in [0, 0.1) is 0 Å². The van der Waals surface area contributed by atoms with Crippen LogP contribution in [0.15, 0.2) is 48.5 Å². The topological polar surface area (TPSA) is 32.3 Å². The van der Waals surface area contributed by atoms with Gasteiger partial charge < -0.3 is 10.4 Å². The van der Waals surface area contributed by atoms with Crippen LogP contribution in [0.4, 0.5) is 5.69 Å². The van der Waals surface area contributed by atoms with Gasteiger partial charge in [0.2, 0.25) is 0 Å². The maximum Gasteiger partial charge on any atom is 0.123 e. The Morgan fingerprint density at radius 1 is 1.00 bits per heavy atom. The number of allylic oxidation sites excluding steroid dienone is 2. The highest BCUT2D eigenvalue weighted by atomic mass is 16.3. The maximum atomic E-state index is 10.0. The zero-order valence-corrected chi connectivity index (χ0v) is 12.3. The van der Waals surface area contributed by atoms with Crippen molar-refractivity contribution >= 4 is 16.8 Å². The van der Waals surface area contributed by atoms with E-state index >= 15 is 0 Å². The van der Waals surface area contributed by atoms with Gasteiger partial charge in [0.15, 0.2) is 0 Å². The molecule has 0 fully saturated rings. The van der Waals surface area contributed by atoms with Gasteiger partial charge in [-0.15, -0.1) is 0 Å². The summed E-state index contributed by atoms with van der Waals surface area (Å²) in [5.74, 6) is 0.331. The van der Waals surface area contributed by atoms with Gasteiger partial charge in [-0.25, -0.2) is 0 Å². The van der Waals surface area contributed by atoms with Crippen LogP contribution < -0.4 is 5.32 Å². The molecule has 2 N–H and O–H groups in total. The summed E-state index contributed by atoms with van der Waals surface area (Å²) in [6.45, 7) is 4.21. The molecule has 0 atom stereocenters. The van der Waals surface area contributed by atoms with E-state index in [1.807, 2.05) is 37.4 Å². The zero-order chi connectivity index (χ0) is 14.5. The minimum absolute atomic E-state index is 0.331. The molecule has 2 aromatic rings. The number of benzene rings is 2. The molecule has 0 amide bonds. The molecule has 0 unspecified atom stereocenters. The van der Waals surface area contributed by atoms with E-state index in [2.05, 4.69) is 31.3 Å². The fraction of sp³-hybridized carbons (Fsp3) is 0.222. The lowest BCUT2D eigenvalue weighted by atomic mass is 9.92. The molecule has 0 aliphatic rings. The standard InChI is InChI=1S/C18H21NO/c1-4-14(16-10-5-7-11-17(16)19-3)13(2)15-9-6-8-12-18(15)20/h5-12,19-20H,4H2,1-3H3/b14-13+. The molecular formula is C18H21NO. The van der Waals surface area contributed by atoms with Crippen molar-refractivity contribution in [3.63, 3.8) is 0 Å². The molecule has 20 heavy (non-hydrogen) atoms. The van der Waals surface area contributed by atoms with E-state index in [1.54, 1.807) is 6.07 Å². The summed E-state index contributed by atoms with van der Waals surface area (Å²) in [5.41, 5.74) is 5.57. The third kappa shape index (κ3) is 2.69. The summed E-state index contributed by atoms with van der Waals surface area (Å²) in [4.78, 5) is 0. The van der Waals surface area contributed by atoms with Crippen LogP contribution in [0.1, 0.15) is 31.4 Å². The summed E-state index contributed by atoms with van der Waals surface area (Å²) in [5, 5.41) is 13.3. The van der Waals surface area contributed by atoms with E-state index < -0.39 is 0 Å². The maximum absolute atomic E-state index is 10.0. The van der Waals surface area contributed by atoms with Crippen LogP contribution in [0.25, 0.3) is 11.1 Å². The number of nitrogens with one attached hydrogen (secondary N) is 1. The van der Waals surface area contributed by atoms with Crippen molar-refractivity contribution in [3.8, 4) is 5.75 Å². The fourth-order valence-corrected chi connectivity index (χ4v) is 2.58. The van der Waals surface area contributed by atoms with Crippen LogP contribution in [0.2, 0.25) is 0 Å². The lowest BCUT2D eigenvalue weighted by Crippen LogP contribution is -1.96. The first-order valence-corrected chi connectivity index (χ1v) is 6.94. The molecule has 0 saturated carbocycles. The van der Waals surface area contributed by atoms with E-state index in [9.17, 15) is 5.11 Å². The molecule has 2 heteroatoms. The number of para-hydroxylation sites is 2. The lowest BCUT2D eigenvalue weighted by molar-refractivity contribution is 0.473. The van der Waals surface area contributed by atoms with Crippen molar-refractivity contribution in [1.29, 1.82) is 0 Å². The van der Waals surface area contributed by atoms with E-state index in [4.69, 9.17) is 0 Å². The molecule has 2 nitrogen and oxygen atoms in total. The predicted octanol–water partition coefficient (Wildman–Crippen LogP) is 4.77. The molecule has 0 heterocycles. The summed E-state index contributed by atoms with van der Waals surface area (Å²) < 4.78 is 0. The second kappa shape index (κ2) is 6.29. The van der Waals surface area contributed by atoms with Crippen LogP contribution in [-0.4, -0.2) is 12.2 Å². The normalized spacial score (nSPS) is 11.9. The highest BCUT2D eigenvalue weighted by Gasteiger charge is 2.11. The minimum atomic E-state index is 0.331. The third-order valence-electron chi connectivity index (χ3n) is 3.64. The van der Waals surface area contributed by atoms with E-state index in [1.165, 1.54) is 11.1 Å². The second-order valence-corrected chi connectivity index (χ2v) is 4.77. The molecule has 0 bridgehead atoms. The van der Waals surface area contributed by atoms with Crippen LogP contribution >= 0.6 is 0 Å². The first-order chi connectivity index (χ1) is 9.69. The number of rotatable bonds is 4. The first-order valence-electron chi connectivity index (χ1n) is 6.94. The zero-order valence-electron chi connectivity index (χ0n) is 12.3. The van der Waals surface area contributed by atoms with Crippen molar-refractivity contribution in [2.75, 3.05) is 12.4 Å². The molecule has 0 aromatic heterocycles. The Kier molecular flexibility index (Phi) is 4.46. The van der Waals surface area contributed by atoms with Gasteiger partial charge in [-0.05, 0) is 36.6 Å². The summed E-state index contributed by atoms with van der Waals surface area (Å²) in [6.07, 6.45) is 0.916. The third-order valence-corrected chi connectivity index (χ3v) is 3.64. The van der Waals surface area contributed by atoms with Crippen LogP contribution in [-0.2, 0) is 0 Å². The molecule has 2 aromatic carbocycles. The Hall–Kier alpha value is -2.22. The van der Waals surface area contributed by atoms with Crippen LogP contribution in [0.5, 0.6) is 5.75 Å². The van der Waals surface area contributed by atoms with Crippen molar-refractivity contribution in [3.05, 3.63) is 59.7 Å². The van der Waals surface area contributed by atoms with Gasteiger partial charge in [0, 0.05) is 23.9 Å². The van der Waals surface area contributed by atoms with Gasteiger partial charge in [0.25, 0.3) is 0 Å². The SMILES string of the molecule is CC/C(=C(/C)c1ccccc1O)c1ccccc1NC. The van der Waals surface area contributed by atoms with Gasteiger partial charge in [-0.1, -0.05) is 43.3 Å². The summed E-state index contributed by atoms with van der Waals surface area (Å²) in [7, 11) is 1.93. The molecule has 0 radical (unpaired) electrons. The van der Waals surface area contributed by atoms with Crippen LogP contribution in [0.3, 0.4) is 0 Å². The Labute approximate surface area is 120 Å². The minimum Gasteiger partial charge on any atom is -0.507 e. The van der Waals surface area contributed by atoms with E-state index in [-0.39, 0.29) is 0 Å². The Bertz CT molecular complexity index is 629. The average Bonchev–Trinajstić information content (AvgIpc) is 2.49. The average molecular weight is 267 g/mol. The van der Waals surface area contributed by atoms with E-state index in [0.29, 0.717) is 5.75 Å². The summed E-state index contributed by atoms with van der Waals surface area (Å²) in [6, 6.07) is 15.8. The number of hydrogen-bond donors (Lipinski definition) is 2. The Morgan fingerprint density at radius 2 is 1.60 bits per heavy atom. The highest BCUT2D eigenvalue weighted by molar-refractivity contribution is 5.94. The van der Waals surface area contributed by atoms with Crippen molar-refractivity contribution in [2.24, 2.45) is 0 Å². The van der Waals surface area contributed by atoms with Crippen molar-refractivity contribution < 1.29 is 5.11 Å². The molecule has 2 rings (SSSR count). The number of aromatic hydroxyl groups is 1. The van der Waals surface area contributed by atoms with E-state index in [0.717, 1.165) is 23.2 Å². The van der Waals surface area contributed by atoms with Crippen molar-refractivity contribution in [1.82, 2.24) is 0 Å². The Balaban J connectivity index is 2.61. The number of phenolic OH excluding ortho intramolecular Hbond substituents is 1. The molecule has 0 aliphatic heterocycles. The quantitative estimate of drug-likeness (QED) is 0.782. The lowest BCUT2D eigenvalue weighted by Gasteiger charge is -2.16. The second-order valence-electron chi connectivity index (χ2n) is 4.77. The number of anilines is 1. The molecule has 104 valence electrons. The number of hydrogen-bond acceptors (Lipinski definition) is 2. The van der Waals surface area contributed by atoms with Gasteiger partial charge in [0.1, 0.15) is 5.75 Å².